The number of carbonyl (C=O) groups is 1. The minimum Gasteiger partial charge on any atom is -0.386 e. The van der Waals surface area contributed by atoms with E-state index in [1.807, 2.05) is 5.32 Å². The van der Waals surface area contributed by atoms with Crippen molar-refractivity contribution in [2.75, 3.05) is 11.9 Å². The number of anilines is 1. The van der Waals surface area contributed by atoms with Crippen molar-refractivity contribution in [2.24, 2.45) is 0 Å². The molecular formula is C15H12F4N2O2. The molecule has 4 nitrogen and oxygen atoms in total. The van der Waals surface area contributed by atoms with Crippen molar-refractivity contribution in [1.29, 1.82) is 0 Å². The molecule has 0 spiro atoms. The SMILES string of the molecule is O=C(NCC(O)c1c(F)cccc1F)Nc1cc(F)ccc1F. The van der Waals surface area contributed by atoms with Crippen molar-refractivity contribution in [3.63, 3.8) is 0 Å². The van der Waals surface area contributed by atoms with E-state index in [2.05, 4.69) is 5.32 Å². The molecule has 1 atom stereocenters. The molecule has 2 rings (SSSR count). The summed E-state index contributed by atoms with van der Waals surface area (Å²) in [6.07, 6.45) is -1.64. The van der Waals surface area contributed by atoms with E-state index in [1.54, 1.807) is 0 Å². The first-order valence-corrected chi connectivity index (χ1v) is 6.50. The van der Waals surface area contributed by atoms with Gasteiger partial charge in [-0.2, -0.15) is 0 Å². The monoisotopic (exact) mass is 328 g/mol. The van der Waals surface area contributed by atoms with Crippen LogP contribution in [0.4, 0.5) is 28.0 Å². The second-order valence-corrected chi connectivity index (χ2v) is 4.61. The molecule has 122 valence electrons. The fourth-order valence-electron chi connectivity index (χ4n) is 1.88. The lowest BCUT2D eigenvalue weighted by atomic mass is 10.1. The highest BCUT2D eigenvalue weighted by Crippen LogP contribution is 2.20. The van der Waals surface area contributed by atoms with Gasteiger partial charge in [-0.3, -0.25) is 0 Å². The highest BCUT2D eigenvalue weighted by Gasteiger charge is 2.18. The summed E-state index contributed by atoms with van der Waals surface area (Å²) in [5, 5.41) is 13.9. The maximum Gasteiger partial charge on any atom is 0.319 e. The highest BCUT2D eigenvalue weighted by molar-refractivity contribution is 5.89. The third-order valence-electron chi connectivity index (χ3n) is 2.97. The summed E-state index contributed by atoms with van der Waals surface area (Å²) in [5.41, 5.74) is -1.00. The minimum absolute atomic E-state index is 0.408. The first kappa shape index (κ1) is 16.8. The van der Waals surface area contributed by atoms with Crippen LogP contribution in [0.15, 0.2) is 36.4 Å². The fourth-order valence-corrected chi connectivity index (χ4v) is 1.88. The number of carbonyl (C=O) groups excluding carboxylic acids is 1. The van der Waals surface area contributed by atoms with E-state index in [1.165, 1.54) is 0 Å². The van der Waals surface area contributed by atoms with Crippen molar-refractivity contribution in [1.82, 2.24) is 5.32 Å². The van der Waals surface area contributed by atoms with Crippen LogP contribution in [0.25, 0.3) is 0 Å². The van der Waals surface area contributed by atoms with Crippen LogP contribution in [-0.2, 0) is 0 Å². The Morgan fingerprint density at radius 3 is 2.35 bits per heavy atom. The molecule has 0 aliphatic rings. The molecule has 0 aliphatic heterocycles. The first-order valence-electron chi connectivity index (χ1n) is 6.50. The summed E-state index contributed by atoms with van der Waals surface area (Å²) in [7, 11) is 0. The Labute approximate surface area is 128 Å². The van der Waals surface area contributed by atoms with Gasteiger partial charge in [-0.15, -0.1) is 0 Å². The van der Waals surface area contributed by atoms with Crippen molar-refractivity contribution in [3.8, 4) is 0 Å². The molecule has 2 aromatic carbocycles. The topological polar surface area (TPSA) is 61.4 Å². The number of amides is 2. The standard InChI is InChI=1S/C15H12F4N2O2/c16-8-4-5-9(17)12(6-8)21-15(23)20-7-13(22)14-10(18)2-1-3-11(14)19/h1-6,13,22H,7H2,(H2,20,21,23). The Balaban J connectivity index is 1.98. The molecule has 0 fully saturated rings. The molecule has 1 unspecified atom stereocenters. The van der Waals surface area contributed by atoms with Crippen molar-refractivity contribution < 1.29 is 27.5 Å². The van der Waals surface area contributed by atoms with Gasteiger partial charge in [-0.1, -0.05) is 6.07 Å². The number of aliphatic hydroxyl groups is 1. The van der Waals surface area contributed by atoms with Crippen LogP contribution < -0.4 is 10.6 Å². The molecule has 0 bridgehead atoms. The van der Waals surface area contributed by atoms with E-state index in [0.29, 0.717) is 0 Å². The van der Waals surface area contributed by atoms with Gasteiger partial charge in [0, 0.05) is 12.6 Å². The van der Waals surface area contributed by atoms with Gasteiger partial charge in [0.15, 0.2) is 0 Å². The number of hydrogen-bond acceptors (Lipinski definition) is 2. The van der Waals surface area contributed by atoms with E-state index in [9.17, 15) is 27.5 Å². The average molecular weight is 328 g/mol. The maximum atomic E-state index is 13.4. The van der Waals surface area contributed by atoms with Crippen LogP contribution in [-0.4, -0.2) is 17.7 Å². The number of nitrogens with one attached hydrogen (secondary N) is 2. The van der Waals surface area contributed by atoms with Crippen LogP contribution >= 0.6 is 0 Å². The molecule has 0 saturated heterocycles. The molecular weight excluding hydrogens is 316 g/mol. The lowest BCUT2D eigenvalue weighted by molar-refractivity contribution is 0.166. The van der Waals surface area contributed by atoms with Crippen LogP contribution in [0.1, 0.15) is 11.7 Å². The molecule has 3 N–H and O–H groups in total. The zero-order valence-corrected chi connectivity index (χ0v) is 11.6. The van der Waals surface area contributed by atoms with E-state index in [0.717, 1.165) is 36.4 Å². The lowest BCUT2D eigenvalue weighted by Gasteiger charge is -2.14. The van der Waals surface area contributed by atoms with Crippen molar-refractivity contribution in [3.05, 3.63) is 65.2 Å². The zero-order valence-electron chi connectivity index (χ0n) is 11.6. The number of rotatable bonds is 4. The third kappa shape index (κ3) is 4.19. The van der Waals surface area contributed by atoms with Crippen LogP contribution in [0, 0.1) is 23.3 Å². The van der Waals surface area contributed by atoms with Gasteiger partial charge in [0.05, 0.1) is 11.3 Å². The Morgan fingerprint density at radius 1 is 1.04 bits per heavy atom. The Hall–Kier alpha value is -2.61. The Kier molecular flexibility index (Phi) is 5.17. The van der Waals surface area contributed by atoms with E-state index in [4.69, 9.17) is 0 Å². The second-order valence-electron chi connectivity index (χ2n) is 4.61. The Morgan fingerprint density at radius 2 is 1.70 bits per heavy atom. The normalized spacial score (nSPS) is 11.9. The third-order valence-corrected chi connectivity index (χ3v) is 2.97. The van der Waals surface area contributed by atoms with Gasteiger partial charge in [0.25, 0.3) is 0 Å². The lowest BCUT2D eigenvalue weighted by Crippen LogP contribution is -2.33. The van der Waals surface area contributed by atoms with Gasteiger partial charge in [0.1, 0.15) is 29.4 Å². The summed E-state index contributed by atoms with van der Waals surface area (Å²) in [6, 6.07) is 4.56. The minimum atomic E-state index is -1.64. The van der Waals surface area contributed by atoms with Gasteiger partial charge in [-0.25, -0.2) is 22.4 Å². The van der Waals surface area contributed by atoms with Crippen molar-refractivity contribution >= 4 is 11.7 Å². The molecule has 0 saturated carbocycles. The Bertz CT molecular complexity index is 704. The predicted molar refractivity (Wildman–Crippen MR) is 74.7 cm³/mol. The average Bonchev–Trinajstić information content (AvgIpc) is 2.49. The largest absolute Gasteiger partial charge is 0.386 e. The summed E-state index contributed by atoms with van der Waals surface area (Å²) in [4.78, 5) is 11.6. The molecule has 2 amide bonds. The van der Waals surface area contributed by atoms with Crippen LogP contribution in [0.2, 0.25) is 0 Å². The molecule has 8 heteroatoms. The number of benzene rings is 2. The summed E-state index contributed by atoms with van der Waals surface area (Å²) >= 11 is 0. The summed E-state index contributed by atoms with van der Waals surface area (Å²) in [5.74, 6) is -3.54. The first-order chi connectivity index (χ1) is 10.9. The number of urea groups is 1. The smallest absolute Gasteiger partial charge is 0.319 e. The molecule has 23 heavy (non-hydrogen) atoms. The summed E-state index contributed by atoms with van der Waals surface area (Å²) in [6.45, 7) is -0.527. The van der Waals surface area contributed by atoms with Gasteiger partial charge in [0.2, 0.25) is 0 Å². The van der Waals surface area contributed by atoms with E-state index >= 15 is 0 Å². The summed E-state index contributed by atoms with van der Waals surface area (Å²) < 4.78 is 53.2. The number of hydrogen-bond donors (Lipinski definition) is 3. The van der Waals surface area contributed by atoms with Crippen LogP contribution in [0.5, 0.6) is 0 Å². The molecule has 2 aromatic rings. The fraction of sp³-hybridized carbons (Fsp3) is 0.133. The highest BCUT2D eigenvalue weighted by atomic mass is 19.1. The predicted octanol–water partition coefficient (Wildman–Crippen LogP) is 3.10. The number of halogens is 4. The number of aliphatic hydroxyl groups excluding tert-OH is 1. The quantitative estimate of drug-likeness (QED) is 0.755. The van der Waals surface area contributed by atoms with Gasteiger partial charge in [-0.05, 0) is 24.3 Å². The van der Waals surface area contributed by atoms with Gasteiger partial charge < -0.3 is 15.7 Å². The maximum absolute atomic E-state index is 13.4. The van der Waals surface area contributed by atoms with Crippen LogP contribution in [0.3, 0.4) is 0 Å². The van der Waals surface area contributed by atoms with E-state index < -0.39 is 53.2 Å². The molecule has 0 aromatic heterocycles. The molecule has 0 heterocycles. The second kappa shape index (κ2) is 7.10. The van der Waals surface area contributed by atoms with E-state index in [-0.39, 0.29) is 0 Å². The zero-order chi connectivity index (χ0) is 17.0. The van der Waals surface area contributed by atoms with Crippen molar-refractivity contribution in [2.45, 2.75) is 6.10 Å². The molecule has 0 aliphatic carbocycles. The van der Waals surface area contributed by atoms with Gasteiger partial charge >= 0.3 is 6.03 Å². The molecule has 0 radical (unpaired) electrons.